The molecule has 0 atom stereocenters. The van der Waals surface area contributed by atoms with Crippen molar-refractivity contribution in [2.75, 3.05) is 6.54 Å². The van der Waals surface area contributed by atoms with E-state index in [4.69, 9.17) is 22.4 Å². The van der Waals surface area contributed by atoms with E-state index in [0.717, 1.165) is 12.1 Å². The molecule has 1 rings (SSSR count). The molecule has 0 radical (unpaired) electrons. The largest absolute Gasteiger partial charge is 0.478 e. The fourth-order valence-electron chi connectivity index (χ4n) is 1.55. The van der Waals surface area contributed by atoms with Gasteiger partial charge in [0, 0.05) is 6.54 Å². The average molecular weight is 310 g/mol. The molecule has 3 N–H and O–H groups in total. The minimum Gasteiger partial charge on any atom is -0.478 e. The Kier molecular flexibility index (Phi) is 5.41. The van der Waals surface area contributed by atoms with Crippen molar-refractivity contribution in [1.29, 1.82) is 0 Å². The van der Waals surface area contributed by atoms with Gasteiger partial charge in [0.1, 0.15) is 0 Å². The van der Waals surface area contributed by atoms with Gasteiger partial charge in [-0.1, -0.05) is 11.6 Å². The number of carbonyl (C=O) groups is 1. The summed E-state index contributed by atoms with van der Waals surface area (Å²) in [5.74, 6) is -3.16. The van der Waals surface area contributed by atoms with Gasteiger partial charge in [-0.15, -0.1) is 0 Å². The van der Waals surface area contributed by atoms with Crippen molar-refractivity contribution in [3.05, 3.63) is 34.1 Å². The lowest BCUT2D eigenvalue weighted by Crippen LogP contribution is -2.14. The summed E-state index contributed by atoms with van der Waals surface area (Å²) in [5.41, 5.74) is 5.47. The van der Waals surface area contributed by atoms with Crippen molar-refractivity contribution in [1.82, 2.24) is 0 Å². The van der Waals surface area contributed by atoms with Crippen LogP contribution >= 0.6 is 11.6 Å². The molecule has 1 aromatic carbocycles. The van der Waals surface area contributed by atoms with Crippen LogP contribution in [0.4, 0.5) is 13.2 Å². The maximum Gasteiger partial charge on any atom is 0.387 e. The Morgan fingerprint density at radius 2 is 2.10 bits per heavy atom. The van der Waals surface area contributed by atoms with Crippen LogP contribution in [-0.2, 0) is 4.79 Å². The van der Waals surface area contributed by atoms with Gasteiger partial charge < -0.3 is 15.6 Å². The van der Waals surface area contributed by atoms with E-state index in [9.17, 15) is 18.0 Å². The number of rotatable bonds is 5. The molecule has 0 saturated heterocycles. The first-order chi connectivity index (χ1) is 9.27. The molecule has 0 saturated carbocycles. The summed E-state index contributed by atoms with van der Waals surface area (Å²) < 4.78 is 41.8. The van der Waals surface area contributed by atoms with Crippen LogP contribution in [0.5, 0.6) is 5.75 Å². The molecule has 110 valence electrons. The molecule has 4 nitrogen and oxygen atoms in total. The number of aliphatic carboxylic acids is 1. The summed E-state index contributed by atoms with van der Waals surface area (Å²) in [6.07, 6.45) is 0. The third kappa shape index (κ3) is 3.64. The molecule has 0 bridgehead atoms. The molecule has 0 spiro atoms. The van der Waals surface area contributed by atoms with E-state index in [1.807, 2.05) is 0 Å². The molecule has 0 amide bonds. The van der Waals surface area contributed by atoms with Gasteiger partial charge >= 0.3 is 12.6 Å². The van der Waals surface area contributed by atoms with Crippen LogP contribution in [-0.4, -0.2) is 24.2 Å². The zero-order chi connectivity index (χ0) is 15.4. The number of alkyl halides is 2. The fraction of sp³-hybridized carbons (Fsp3) is 0.250. The molecule has 8 heteroatoms. The summed E-state index contributed by atoms with van der Waals surface area (Å²) in [5, 5.41) is 8.54. The highest BCUT2D eigenvalue weighted by atomic mass is 35.5. The normalized spacial score (nSPS) is 12.3. The highest BCUT2D eigenvalue weighted by molar-refractivity contribution is 6.32. The first kappa shape index (κ1) is 16.3. The average Bonchev–Trinajstić information content (AvgIpc) is 2.33. The summed E-state index contributed by atoms with van der Waals surface area (Å²) in [7, 11) is 0. The SMILES string of the molecule is C/C(=C(/CN)C(=O)O)c1cc(F)c(OC(F)F)c(Cl)c1. The predicted octanol–water partition coefficient (Wildman–Crippen LogP) is 2.90. The van der Waals surface area contributed by atoms with Crippen molar-refractivity contribution >= 4 is 23.1 Å². The van der Waals surface area contributed by atoms with Crippen LogP contribution in [0.2, 0.25) is 5.02 Å². The first-order valence-electron chi connectivity index (χ1n) is 5.35. The fourth-order valence-corrected chi connectivity index (χ4v) is 1.81. The Balaban J connectivity index is 3.33. The molecule has 0 heterocycles. The smallest absolute Gasteiger partial charge is 0.387 e. The molecule has 0 aliphatic carbocycles. The van der Waals surface area contributed by atoms with Gasteiger partial charge in [0.05, 0.1) is 10.6 Å². The number of hydrogen-bond donors (Lipinski definition) is 2. The summed E-state index contributed by atoms with van der Waals surface area (Å²) in [4.78, 5) is 10.9. The summed E-state index contributed by atoms with van der Waals surface area (Å²) in [6.45, 7) is -2.08. The van der Waals surface area contributed by atoms with Crippen molar-refractivity contribution in [3.8, 4) is 5.75 Å². The zero-order valence-electron chi connectivity index (χ0n) is 10.3. The Bertz CT molecular complexity index is 538. The lowest BCUT2D eigenvalue weighted by atomic mass is 10.0. The zero-order valence-corrected chi connectivity index (χ0v) is 11.0. The molecule has 20 heavy (non-hydrogen) atoms. The first-order valence-corrected chi connectivity index (χ1v) is 5.73. The minimum atomic E-state index is -3.22. The summed E-state index contributed by atoms with van der Waals surface area (Å²) >= 11 is 5.65. The van der Waals surface area contributed by atoms with Crippen LogP contribution in [0, 0.1) is 5.82 Å². The van der Waals surface area contributed by atoms with E-state index in [0.29, 0.717) is 0 Å². The molecule has 0 fully saturated rings. The molecule has 0 unspecified atom stereocenters. The van der Waals surface area contributed by atoms with Crippen LogP contribution in [0.25, 0.3) is 5.57 Å². The number of halogens is 4. The molecule has 0 aliphatic rings. The van der Waals surface area contributed by atoms with E-state index in [1.165, 1.54) is 6.92 Å². The van der Waals surface area contributed by atoms with E-state index in [2.05, 4.69) is 4.74 Å². The molecular weight excluding hydrogens is 299 g/mol. The van der Waals surface area contributed by atoms with Crippen LogP contribution in [0.1, 0.15) is 12.5 Å². The molecule has 0 aliphatic heterocycles. The Morgan fingerprint density at radius 3 is 2.50 bits per heavy atom. The highest BCUT2D eigenvalue weighted by Crippen LogP contribution is 2.33. The highest BCUT2D eigenvalue weighted by Gasteiger charge is 2.18. The van der Waals surface area contributed by atoms with Crippen LogP contribution in [0.3, 0.4) is 0 Å². The predicted molar refractivity (Wildman–Crippen MR) is 67.3 cm³/mol. The van der Waals surface area contributed by atoms with Gasteiger partial charge in [-0.25, -0.2) is 9.18 Å². The van der Waals surface area contributed by atoms with Crippen molar-refractivity contribution in [2.24, 2.45) is 5.73 Å². The number of carboxylic acid groups (broad SMARTS) is 1. The van der Waals surface area contributed by atoms with Crippen molar-refractivity contribution in [3.63, 3.8) is 0 Å². The second-order valence-corrected chi connectivity index (χ2v) is 4.17. The molecule has 0 aromatic heterocycles. The van der Waals surface area contributed by atoms with Gasteiger partial charge in [-0.05, 0) is 30.2 Å². The number of benzene rings is 1. The Hall–Kier alpha value is -1.73. The second-order valence-electron chi connectivity index (χ2n) is 3.76. The topological polar surface area (TPSA) is 72.6 Å². The third-order valence-electron chi connectivity index (χ3n) is 2.55. The molecular formula is C12H11ClF3NO3. The van der Waals surface area contributed by atoms with Gasteiger partial charge in [-0.3, -0.25) is 0 Å². The van der Waals surface area contributed by atoms with E-state index < -0.39 is 24.1 Å². The minimum absolute atomic E-state index is 0.122. The standard InChI is InChI=1S/C12H11ClF3NO3/c1-5(7(4-17)11(18)19)6-2-8(13)10(9(14)3-6)20-12(15)16/h2-3,12H,4,17H2,1H3,(H,18,19)/b7-5+. The van der Waals surface area contributed by atoms with Gasteiger partial charge in [0.15, 0.2) is 11.6 Å². The number of carboxylic acids is 1. The number of ether oxygens (including phenoxy) is 1. The number of allylic oxidation sites excluding steroid dienone is 1. The quantitative estimate of drug-likeness (QED) is 0.820. The van der Waals surface area contributed by atoms with Crippen LogP contribution < -0.4 is 10.5 Å². The van der Waals surface area contributed by atoms with E-state index in [1.54, 1.807) is 0 Å². The lowest BCUT2D eigenvalue weighted by Gasteiger charge is -2.12. The summed E-state index contributed by atoms with van der Waals surface area (Å²) in [6, 6.07) is 1.99. The molecule has 1 aromatic rings. The van der Waals surface area contributed by atoms with Crippen molar-refractivity contribution in [2.45, 2.75) is 13.5 Å². The van der Waals surface area contributed by atoms with Gasteiger partial charge in [-0.2, -0.15) is 8.78 Å². The van der Waals surface area contributed by atoms with Crippen molar-refractivity contribution < 1.29 is 27.8 Å². The Labute approximate surface area is 117 Å². The third-order valence-corrected chi connectivity index (χ3v) is 2.83. The van der Waals surface area contributed by atoms with Gasteiger partial charge in [0.2, 0.25) is 0 Å². The Morgan fingerprint density at radius 1 is 1.50 bits per heavy atom. The maximum absolute atomic E-state index is 13.7. The van der Waals surface area contributed by atoms with Crippen LogP contribution in [0.15, 0.2) is 17.7 Å². The lowest BCUT2D eigenvalue weighted by molar-refractivity contribution is -0.132. The number of nitrogens with two attached hydrogens (primary N) is 1. The van der Waals surface area contributed by atoms with E-state index >= 15 is 0 Å². The van der Waals surface area contributed by atoms with E-state index in [-0.39, 0.29) is 28.3 Å². The number of hydrogen-bond acceptors (Lipinski definition) is 3. The van der Waals surface area contributed by atoms with Gasteiger partial charge in [0.25, 0.3) is 0 Å². The monoisotopic (exact) mass is 309 g/mol. The second kappa shape index (κ2) is 6.62. The maximum atomic E-state index is 13.7.